The summed E-state index contributed by atoms with van der Waals surface area (Å²) in [5.41, 5.74) is 3.23. The van der Waals surface area contributed by atoms with Crippen LogP contribution in [0.2, 0.25) is 0 Å². The molecule has 0 spiro atoms. The van der Waals surface area contributed by atoms with Gasteiger partial charge in [-0.3, -0.25) is 9.69 Å². The molecule has 1 aliphatic rings. The number of fused-ring (bicyclic) bond motifs is 1. The predicted molar refractivity (Wildman–Crippen MR) is 139 cm³/mol. The fraction of sp³-hybridized carbons (Fsp3) is 0.207. The van der Waals surface area contributed by atoms with E-state index in [-0.39, 0.29) is 11.4 Å². The summed E-state index contributed by atoms with van der Waals surface area (Å²) in [7, 11) is 0. The Labute approximate surface area is 221 Å². The Morgan fingerprint density at radius 3 is 2.49 bits per heavy atom. The molecule has 0 unspecified atom stereocenters. The van der Waals surface area contributed by atoms with Crippen LogP contribution in [-0.2, 0) is 25.7 Å². The van der Waals surface area contributed by atoms with E-state index >= 15 is 0 Å². The number of rotatable bonds is 5. The fourth-order valence-electron chi connectivity index (χ4n) is 4.82. The Bertz CT molecular complexity index is 1680. The van der Waals surface area contributed by atoms with Crippen molar-refractivity contribution in [2.75, 3.05) is 6.54 Å². The minimum absolute atomic E-state index is 0.264. The van der Waals surface area contributed by atoms with Crippen LogP contribution < -0.4 is 5.56 Å². The molecule has 4 heterocycles. The molecule has 0 aliphatic carbocycles. The number of aromatic amines is 1. The molecule has 1 aliphatic heterocycles. The van der Waals surface area contributed by atoms with E-state index in [1.165, 1.54) is 12.1 Å². The van der Waals surface area contributed by atoms with Crippen LogP contribution in [0, 0.1) is 6.92 Å². The number of H-pyrrole nitrogens is 1. The van der Waals surface area contributed by atoms with Crippen LogP contribution in [0.1, 0.15) is 28.1 Å². The highest BCUT2D eigenvalue weighted by molar-refractivity contribution is 5.58. The number of nitrogens with one attached hydrogen (secondary N) is 1. The number of furan rings is 1. The van der Waals surface area contributed by atoms with Crippen molar-refractivity contribution in [2.24, 2.45) is 0 Å². The van der Waals surface area contributed by atoms with E-state index in [2.05, 4.69) is 14.9 Å². The van der Waals surface area contributed by atoms with E-state index in [1.54, 1.807) is 0 Å². The molecule has 7 nitrogen and oxygen atoms in total. The van der Waals surface area contributed by atoms with Gasteiger partial charge in [-0.15, -0.1) is 0 Å². The molecule has 10 heteroatoms. The molecule has 1 N–H and O–H groups in total. The maximum atomic E-state index is 13.0. The number of aryl methyl sites for hydroxylation is 1. The lowest BCUT2D eigenvalue weighted by Crippen LogP contribution is -2.35. The van der Waals surface area contributed by atoms with E-state index in [1.807, 2.05) is 60.3 Å². The zero-order chi connectivity index (χ0) is 27.1. The van der Waals surface area contributed by atoms with Gasteiger partial charge in [0, 0.05) is 43.4 Å². The summed E-state index contributed by atoms with van der Waals surface area (Å²) >= 11 is 0. The van der Waals surface area contributed by atoms with Gasteiger partial charge in [-0.25, -0.2) is 9.67 Å². The first-order valence-electron chi connectivity index (χ1n) is 12.5. The molecule has 2 aromatic carbocycles. The molecule has 6 rings (SSSR count). The van der Waals surface area contributed by atoms with E-state index in [4.69, 9.17) is 9.52 Å². The molecule has 0 saturated heterocycles. The number of hydrogen-bond donors (Lipinski definition) is 1. The average molecular weight is 532 g/mol. The summed E-state index contributed by atoms with van der Waals surface area (Å²) in [5.74, 6) is 1.73. The first-order chi connectivity index (χ1) is 18.7. The van der Waals surface area contributed by atoms with Crippen LogP contribution >= 0.6 is 0 Å². The summed E-state index contributed by atoms with van der Waals surface area (Å²) < 4.78 is 46.5. The van der Waals surface area contributed by atoms with Crippen molar-refractivity contribution in [3.05, 3.63) is 111 Å². The molecule has 0 saturated carbocycles. The van der Waals surface area contributed by atoms with Crippen molar-refractivity contribution in [1.29, 1.82) is 0 Å². The van der Waals surface area contributed by atoms with Gasteiger partial charge in [0.1, 0.15) is 17.3 Å². The van der Waals surface area contributed by atoms with E-state index in [0.29, 0.717) is 48.6 Å². The van der Waals surface area contributed by atoms with Gasteiger partial charge in [0.25, 0.3) is 5.56 Å². The lowest BCUT2D eigenvalue weighted by atomic mass is 10.0. The van der Waals surface area contributed by atoms with Crippen LogP contribution in [0.5, 0.6) is 0 Å². The Morgan fingerprint density at radius 2 is 1.79 bits per heavy atom. The lowest BCUT2D eigenvalue weighted by molar-refractivity contribution is -0.137. The number of nitrogens with zero attached hydrogens (tertiary/aromatic N) is 4. The molecular formula is C29H24F3N5O2. The number of alkyl halides is 3. The topological polar surface area (TPSA) is 80.0 Å². The first kappa shape index (κ1) is 24.9. The predicted octanol–water partition coefficient (Wildman–Crippen LogP) is 5.77. The first-order valence-corrected chi connectivity index (χ1v) is 12.5. The normalized spacial score (nSPS) is 13.9. The van der Waals surface area contributed by atoms with Gasteiger partial charge >= 0.3 is 6.18 Å². The second-order valence-electron chi connectivity index (χ2n) is 9.57. The SMILES string of the molecule is Cc1ccc(-c2nn(-c3ccccc3)cc2CN2CCc3nc(-c4ccc(C(F)(F)F)cc4)[nH]c(=O)c3C2)o1. The monoisotopic (exact) mass is 531 g/mol. The highest BCUT2D eigenvalue weighted by Crippen LogP contribution is 2.31. The molecular weight excluding hydrogens is 507 g/mol. The third kappa shape index (κ3) is 5.03. The van der Waals surface area contributed by atoms with Crippen molar-refractivity contribution < 1.29 is 17.6 Å². The Balaban J connectivity index is 1.27. The standard InChI is InChI=1S/C29H24F3N5O2/c1-18-7-12-25(39-18)26-20(16-37(35-26)22-5-3-2-4-6-22)15-36-14-13-24-23(17-36)28(38)34-27(33-24)19-8-10-21(11-9-19)29(30,31)32/h2-12,16H,13-15,17H2,1H3,(H,33,34,38). The Hall–Kier alpha value is -4.44. The summed E-state index contributed by atoms with van der Waals surface area (Å²) in [6, 6.07) is 18.2. The van der Waals surface area contributed by atoms with E-state index in [9.17, 15) is 18.0 Å². The van der Waals surface area contributed by atoms with Gasteiger partial charge in [0.2, 0.25) is 0 Å². The van der Waals surface area contributed by atoms with Crippen LogP contribution in [0.25, 0.3) is 28.5 Å². The smallest absolute Gasteiger partial charge is 0.416 e. The maximum absolute atomic E-state index is 13.0. The molecule has 0 radical (unpaired) electrons. The number of halogens is 3. The quantitative estimate of drug-likeness (QED) is 0.312. The van der Waals surface area contributed by atoms with Crippen molar-refractivity contribution in [2.45, 2.75) is 32.6 Å². The second-order valence-corrected chi connectivity index (χ2v) is 9.57. The molecule has 0 atom stereocenters. The van der Waals surface area contributed by atoms with Gasteiger partial charge < -0.3 is 9.40 Å². The molecule has 198 valence electrons. The van der Waals surface area contributed by atoms with Gasteiger partial charge in [-0.1, -0.05) is 30.3 Å². The second kappa shape index (κ2) is 9.70. The molecule has 5 aromatic rings. The largest absolute Gasteiger partial charge is 0.460 e. The number of hydrogen-bond acceptors (Lipinski definition) is 5. The van der Waals surface area contributed by atoms with Crippen LogP contribution in [0.15, 0.2) is 82.1 Å². The van der Waals surface area contributed by atoms with Crippen LogP contribution in [0.3, 0.4) is 0 Å². The number of para-hydroxylation sites is 1. The molecule has 39 heavy (non-hydrogen) atoms. The summed E-state index contributed by atoms with van der Waals surface area (Å²) in [6.07, 6.45) is -1.91. The third-order valence-electron chi connectivity index (χ3n) is 6.81. The zero-order valence-corrected chi connectivity index (χ0v) is 21.0. The number of benzene rings is 2. The molecule has 3 aromatic heterocycles. The van der Waals surface area contributed by atoms with Crippen molar-refractivity contribution in [1.82, 2.24) is 24.6 Å². The third-order valence-corrected chi connectivity index (χ3v) is 6.81. The molecule has 0 fully saturated rings. The summed E-state index contributed by atoms with van der Waals surface area (Å²) in [5, 5.41) is 4.80. The maximum Gasteiger partial charge on any atom is 0.416 e. The average Bonchev–Trinajstić information content (AvgIpc) is 3.55. The van der Waals surface area contributed by atoms with Crippen molar-refractivity contribution in [3.63, 3.8) is 0 Å². The van der Waals surface area contributed by atoms with Gasteiger partial charge in [-0.05, 0) is 43.3 Å². The Kier molecular flexibility index (Phi) is 6.19. The van der Waals surface area contributed by atoms with Gasteiger partial charge in [0.15, 0.2) is 5.76 Å². The van der Waals surface area contributed by atoms with E-state index < -0.39 is 11.7 Å². The lowest BCUT2D eigenvalue weighted by Gasteiger charge is -2.27. The van der Waals surface area contributed by atoms with Crippen LogP contribution in [0.4, 0.5) is 13.2 Å². The zero-order valence-electron chi connectivity index (χ0n) is 21.0. The summed E-state index contributed by atoms with van der Waals surface area (Å²) in [4.78, 5) is 22.5. The van der Waals surface area contributed by atoms with Crippen LogP contribution in [-0.4, -0.2) is 31.2 Å². The Morgan fingerprint density at radius 1 is 1.03 bits per heavy atom. The van der Waals surface area contributed by atoms with Crippen molar-refractivity contribution in [3.8, 4) is 28.5 Å². The van der Waals surface area contributed by atoms with Crippen molar-refractivity contribution >= 4 is 0 Å². The molecule has 0 bridgehead atoms. The summed E-state index contributed by atoms with van der Waals surface area (Å²) in [6.45, 7) is 3.47. The highest BCUT2D eigenvalue weighted by Gasteiger charge is 2.30. The fourth-order valence-corrected chi connectivity index (χ4v) is 4.82. The minimum atomic E-state index is -4.42. The van der Waals surface area contributed by atoms with Gasteiger partial charge in [0.05, 0.1) is 22.5 Å². The van der Waals surface area contributed by atoms with Gasteiger partial charge in [-0.2, -0.15) is 18.3 Å². The number of aromatic nitrogens is 4. The minimum Gasteiger partial charge on any atom is -0.460 e. The molecule has 0 amide bonds. The van der Waals surface area contributed by atoms with E-state index in [0.717, 1.165) is 34.8 Å². The highest BCUT2D eigenvalue weighted by atomic mass is 19.4.